The van der Waals surface area contributed by atoms with Gasteiger partial charge in [-0.15, -0.1) is 0 Å². The molecule has 1 aromatic heterocycles. The van der Waals surface area contributed by atoms with Gasteiger partial charge >= 0.3 is 0 Å². The highest BCUT2D eigenvalue weighted by molar-refractivity contribution is 5.38. The molecule has 0 aliphatic rings. The van der Waals surface area contributed by atoms with E-state index in [2.05, 4.69) is 24.2 Å². The molecule has 2 aromatic rings. The normalized spacial score (nSPS) is 10.1. The molecule has 1 aromatic carbocycles. The summed E-state index contributed by atoms with van der Waals surface area (Å²) >= 11 is 0. The Kier molecular flexibility index (Phi) is 1.67. The number of nitrogens with zero attached hydrogens (tertiary/aromatic N) is 2. The van der Waals surface area contributed by atoms with Gasteiger partial charge in [-0.05, 0) is 24.6 Å². The van der Waals surface area contributed by atoms with E-state index in [1.54, 1.807) is 6.20 Å². The van der Waals surface area contributed by atoms with Crippen molar-refractivity contribution in [2.45, 2.75) is 6.92 Å². The van der Waals surface area contributed by atoms with Crippen LogP contribution in [0.4, 0.5) is 0 Å². The lowest BCUT2D eigenvalue weighted by Crippen LogP contribution is -1.95. The van der Waals surface area contributed by atoms with Crippen molar-refractivity contribution in [3.8, 4) is 5.69 Å². The lowest BCUT2D eigenvalue weighted by molar-refractivity contribution is 0.873. The summed E-state index contributed by atoms with van der Waals surface area (Å²) in [6, 6.07) is 10.1. The van der Waals surface area contributed by atoms with E-state index >= 15 is 0 Å². The maximum atomic E-state index is 4.16. The Morgan fingerprint density at radius 3 is 2.67 bits per heavy atom. The molecule has 0 fully saturated rings. The van der Waals surface area contributed by atoms with Crippen molar-refractivity contribution in [3.05, 3.63) is 48.3 Å². The van der Waals surface area contributed by atoms with E-state index in [-0.39, 0.29) is 0 Å². The minimum absolute atomic E-state index is 1.14. The summed E-state index contributed by atoms with van der Waals surface area (Å²) in [5, 5.41) is 4.16. The second-order valence-electron chi connectivity index (χ2n) is 2.74. The second-order valence-corrected chi connectivity index (χ2v) is 2.74. The van der Waals surface area contributed by atoms with Gasteiger partial charge in [0, 0.05) is 12.4 Å². The molecule has 0 radical (unpaired) electrons. The van der Waals surface area contributed by atoms with Crippen molar-refractivity contribution in [2.24, 2.45) is 0 Å². The lowest BCUT2D eigenvalue weighted by atomic mass is 10.2. The summed E-state index contributed by atoms with van der Waals surface area (Å²) in [4.78, 5) is 0. The average molecular weight is 158 g/mol. The predicted molar refractivity (Wildman–Crippen MR) is 48.3 cm³/mol. The fraction of sp³-hybridized carbons (Fsp3) is 0.100. The molecule has 60 valence electrons. The van der Waals surface area contributed by atoms with Crippen LogP contribution in [0.25, 0.3) is 5.69 Å². The van der Waals surface area contributed by atoms with Crippen LogP contribution in [0.15, 0.2) is 42.7 Å². The largest absolute Gasteiger partial charge is 0.241 e. The van der Waals surface area contributed by atoms with Gasteiger partial charge in [-0.25, -0.2) is 4.68 Å². The van der Waals surface area contributed by atoms with E-state index < -0.39 is 0 Å². The zero-order valence-electron chi connectivity index (χ0n) is 6.94. The van der Waals surface area contributed by atoms with Crippen LogP contribution in [-0.4, -0.2) is 9.78 Å². The summed E-state index contributed by atoms with van der Waals surface area (Å²) in [5.74, 6) is 0. The second kappa shape index (κ2) is 2.81. The SMILES string of the molecule is Cc1ccccc1-n1cccn1. The van der Waals surface area contributed by atoms with Crippen molar-refractivity contribution in [3.63, 3.8) is 0 Å². The molecule has 1 heterocycles. The third-order valence-electron chi connectivity index (χ3n) is 1.87. The Hall–Kier alpha value is -1.57. The third kappa shape index (κ3) is 1.11. The van der Waals surface area contributed by atoms with Crippen molar-refractivity contribution in [1.82, 2.24) is 9.78 Å². The Labute approximate surface area is 71.5 Å². The standard InChI is InChI=1S/C10H10N2/c1-9-5-2-3-6-10(9)12-8-4-7-11-12/h2-8H,1H3. The molecule has 2 rings (SSSR count). The van der Waals surface area contributed by atoms with Crippen molar-refractivity contribution >= 4 is 0 Å². The van der Waals surface area contributed by atoms with Gasteiger partial charge in [0.15, 0.2) is 0 Å². The predicted octanol–water partition coefficient (Wildman–Crippen LogP) is 2.18. The van der Waals surface area contributed by atoms with Crippen molar-refractivity contribution in [1.29, 1.82) is 0 Å². The monoisotopic (exact) mass is 158 g/mol. The summed E-state index contributed by atoms with van der Waals surface area (Å²) in [7, 11) is 0. The summed E-state index contributed by atoms with van der Waals surface area (Å²) < 4.78 is 1.87. The maximum absolute atomic E-state index is 4.16. The molecule has 0 amide bonds. The van der Waals surface area contributed by atoms with Gasteiger partial charge in [0.25, 0.3) is 0 Å². The minimum Gasteiger partial charge on any atom is -0.241 e. The average Bonchev–Trinajstić information content (AvgIpc) is 2.57. The van der Waals surface area contributed by atoms with Crippen molar-refractivity contribution < 1.29 is 0 Å². The molecule has 0 unspecified atom stereocenters. The van der Waals surface area contributed by atoms with E-state index in [1.165, 1.54) is 5.56 Å². The summed E-state index contributed by atoms with van der Waals surface area (Å²) in [6.45, 7) is 2.08. The van der Waals surface area contributed by atoms with Crippen molar-refractivity contribution in [2.75, 3.05) is 0 Å². The lowest BCUT2D eigenvalue weighted by Gasteiger charge is -2.03. The van der Waals surface area contributed by atoms with Gasteiger partial charge in [-0.2, -0.15) is 5.10 Å². The van der Waals surface area contributed by atoms with Crippen LogP contribution in [0.3, 0.4) is 0 Å². The molecule has 2 nitrogen and oxygen atoms in total. The Balaban J connectivity index is 2.55. The van der Waals surface area contributed by atoms with E-state index in [0.717, 1.165) is 5.69 Å². The summed E-state index contributed by atoms with van der Waals surface area (Å²) in [6.07, 6.45) is 3.73. The van der Waals surface area contributed by atoms with Crippen LogP contribution in [0.2, 0.25) is 0 Å². The highest BCUT2D eigenvalue weighted by Gasteiger charge is 1.97. The third-order valence-corrected chi connectivity index (χ3v) is 1.87. The Morgan fingerprint density at radius 1 is 1.17 bits per heavy atom. The smallest absolute Gasteiger partial charge is 0.0674 e. The Morgan fingerprint density at radius 2 is 2.00 bits per heavy atom. The van der Waals surface area contributed by atoms with E-state index in [0.29, 0.717) is 0 Å². The van der Waals surface area contributed by atoms with Crippen LogP contribution in [0, 0.1) is 6.92 Å². The number of hydrogen-bond donors (Lipinski definition) is 0. The van der Waals surface area contributed by atoms with Gasteiger partial charge in [0.1, 0.15) is 0 Å². The minimum atomic E-state index is 1.14. The summed E-state index contributed by atoms with van der Waals surface area (Å²) in [5.41, 5.74) is 2.38. The number of hydrogen-bond acceptors (Lipinski definition) is 1. The van der Waals surface area contributed by atoms with Crippen LogP contribution in [0.5, 0.6) is 0 Å². The van der Waals surface area contributed by atoms with Gasteiger partial charge in [-0.3, -0.25) is 0 Å². The Bertz CT molecular complexity index is 363. The fourth-order valence-electron chi connectivity index (χ4n) is 1.23. The first-order valence-corrected chi connectivity index (χ1v) is 3.93. The maximum Gasteiger partial charge on any atom is 0.0674 e. The quantitative estimate of drug-likeness (QED) is 0.622. The molecule has 12 heavy (non-hydrogen) atoms. The van der Waals surface area contributed by atoms with Crippen LogP contribution < -0.4 is 0 Å². The number of para-hydroxylation sites is 1. The first kappa shape index (κ1) is 7.10. The molecule has 0 bridgehead atoms. The van der Waals surface area contributed by atoms with Crippen LogP contribution in [0.1, 0.15) is 5.56 Å². The van der Waals surface area contributed by atoms with E-state index in [4.69, 9.17) is 0 Å². The van der Waals surface area contributed by atoms with E-state index in [9.17, 15) is 0 Å². The molecular formula is C10H10N2. The van der Waals surface area contributed by atoms with Gasteiger partial charge in [0.2, 0.25) is 0 Å². The molecule has 0 saturated heterocycles. The molecule has 0 spiro atoms. The first-order valence-electron chi connectivity index (χ1n) is 3.93. The van der Waals surface area contributed by atoms with Gasteiger partial charge in [0.05, 0.1) is 5.69 Å². The zero-order valence-corrected chi connectivity index (χ0v) is 6.94. The van der Waals surface area contributed by atoms with Crippen LogP contribution >= 0.6 is 0 Å². The molecular weight excluding hydrogens is 148 g/mol. The number of rotatable bonds is 1. The zero-order chi connectivity index (χ0) is 8.39. The molecule has 0 aliphatic carbocycles. The highest BCUT2D eigenvalue weighted by Crippen LogP contribution is 2.10. The first-order chi connectivity index (χ1) is 5.88. The van der Waals surface area contributed by atoms with E-state index in [1.807, 2.05) is 29.1 Å². The molecule has 2 heteroatoms. The molecule has 0 N–H and O–H groups in total. The topological polar surface area (TPSA) is 17.8 Å². The highest BCUT2D eigenvalue weighted by atomic mass is 15.3. The van der Waals surface area contributed by atoms with Gasteiger partial charge in [-0.1, -0.05) is 18.2 Å². The fourth-order valence-corrected chi connectivity index (χ4v) is 1.23. The van der Waals surface area contributed by atoms with Gasteiger partial charge < -0.3 is 0 Å². The van der Waals surface area contributed by atoms with Crippen LogP contribution in [-0.2, 0) is 0 Å². The molecule has 0 aliphatic heterocycles. The molecule has 0 saturated carbocycles. The number of benzene rings is 1. The number of aryl methyl sites for hydroxylation is 1. The number of aromatic nitrogens is 2. The molecule has 0 atom stereocenters.